The van der Waals surface area contributed by atoms with Crippen LogP contribution in [0.15, 0.2) is 60.8 Å². The Labute approximate surface area is 192 Å². The molecule has 2 atom stereocenters. The number of nitrogens with two attached hydrogens (primary N) is 1. The van der Waals surface area contributed by atoms with Crippen molar-refractivity contribution < 1.29 is 15.0 Å². The van der Waals surface area contributed by atoms with Crippen molar-refractivity contribution in [2.24, 2.45) is 0 Å². The van der Waals surface area contributed by atoms with Crippen molar-refractivity contribution in [3.05, 3.63) is 88.1 Å². The summed E-state index contributed by atoms with van der Waals surface area (Å²) in [5, 5.41) is 26.5. The lowest BCUT2D eigenvalue weighted by molar-refractivity contribution is 0.0950. The van der Waals surface area contributed by atoms with Gasteiger partial charge in [0.05, 0.1) is 6.10 Å². The molecule has 0 unspecified atom stereocenters. The quantitative estimate of drug-likeness (QED) is 0.338. The van der Waals surface area contributed by atoms with E-state index in [0.29, 0.717) is 40.5 Å². The van der Waals surface area contributed by atoms with Crippen LogP contribution >= 0.6 is 11.6 Å². The summed E-state index contributed by atoms with van der Waals surface area (Å²) < 4.78 is 0. The Bertz CT molecular complexity index is 1040. The molecule has 7 nitrogen and oxygen atoms in total. The van der Waals surface area contributed by atoms with Gasteiger partial charge in [-0.1, -0.05) is 29.8 Å². The Kier molecular flexibility index (Phi) is 8.05. The molecule has 168 valence electrons. The summed E-state index contributed by atoms with van der Waals surface area (Å²) in [4.78, 5) is 16.5. The minimum absolute atomic E-state index is 0.0583. The second-order valence-corrected chi connectivity index (χ2v) is 8.18. The van der Waals surface area contributed by atoms with Crippen molar-refractivity contribution in [1.82, 2.24) is 15.6 Å². The van der Waals surface area contributed by atoms with Crippen molar-refractivity contribution in [3.8, 4) is 5.75 Å². The Hall–Kier alpha value is -3.13. The van der Waals surface area contributed by atoms with Crippen LogP contribution in [0.5, 0.6) is 5.75 Å². The summed E-state index contributed by atoms with van der Waals surface area (Å²) >= 11 is 5.94. The number of phenols is 1. The van der Waals surface area contributed by atoms with Gasteiger partial charge < -0.3 is 26.6 Å². The van der Waals surface area contributed by atoms with Gasteiger partial charge in [0, 0.05) is 41.5 Å². The average Bonchev–Trinajstić information content (AvgIpc) is 2.76. The molecule has 6 N–H and O–H groups in total. The van der Waals surface area contributed by atoms with E-state index in [-0.39, 0.29) is 24.2 Å². The molecule has 0 bridgehead atoms. The number of nitrogens with one attached hydrogen (secondary N) is 2. The lowest BCUT2D eigenvalue weighted by Gasteiger charge is -2.18. The fourth-order valence-corrected chi connectivity index (χ4v) is 3.58. The molecule has 2 aromatic carbocycles. The number of nitrogens with zero attached hydrogens (tertiary/aromatic N) is 1. The standard InChI is InChI=1S/C24H27ClN4O3/c1-15(27-14-22(31)19-5-6-23(26)28-13-19)7-16-3-2-4-18(8-16)24(32)29-12-17-9-20(25)11-21(30)10-17/h2-6,8-11,13,15,22,27,30-31H,7,12,14H2,1H3,(H2,26,28)(H,29,32)/t15-,22-/m1/s1. The number of aromatic nitrogens is 1. The number of pyridine rings is 1. The molecule has 0 aliphatic heterocycles. The molecule has 1 amide bonds. The number of amides is 1. The molecule has 0 spiro atoms. The fourth-order valence-electron chi connectivity index (χ4n) is 3.33. The van der Waals surface area contributed by atoms with E-state index >= 15 is 0 Å². The number of aliphatic hydroxyl groups is 1. The monoisotopic (exact) mass is 454 g/mol. The van der Waals surface area contributed by atoms with E-state index in [1.165, 1.54) is 6.07 Å². The number of carbonyl (C=O) groups excluding carboxylic acids is 1. The minimum atomic E-state index is -0.686. The molecule has 0 fully saturated rings. The number of phenolic OH excluding ortho intramolecular Hbond substituents is 1. The zero-order valence-electron chi connectivity index (χ0n) is 17.8. The normalized spacial score (nSPS) is 12.8. The first-order valence-corrected chi connectivity index (χ1v) is 10.7. The van der Waals surface area contributed by atoms with E-state index in [1.807, 2.05) is 25.1 Å². The van der Waals surface area contributed by atoms with E-state index in [1.54, 1.807) is 36.5 Å². The largest absolute Gasteiger partial charge is 0.508 e. The maximum Gasteiger partial charge on any atom is 0.251 e. The van der Waals surface area contributed by atoms with Crippen LogP contribution in [0.4, 0.5) is 5.82 Å². The number of benzene rings is 2. The van der Waals surface area contributed by atoms with Gasteiger partial charge in [-0.25, -0.2) is 4.98 Å². The highest BCUT2D eigenvalue weighted by Gasteiger charge is 2.12. The third-order valence-electron chi connectivity index (χ3n) is 4.98. The Balaban J connectivity index is 1.52. The summed E-state index contributed by atoms with van der Waals surface area (Å²) in [5.74, 6) is 0.262. The van der Waals surface area contributed by atoms with Crippen LogP contribution in [0.3, 0.4) is 0 Å². The number of carbonyl (C=O) groups is 1. The number of aromatic hydroxyl groups is 1. The topological polar surface area (TPSA) is 120 Å². The van der Waals surface area contributed by atoms with Crippen LogP contribution < -0.4 is 16.4 Å². The van der Waals surface area contributed by atoms with Gasteiger partial charge >= 0.3 is 0 Å². The number of hydrogen-bond donors (Lipinski definition) is 5. The number of hydrogen-bond acceptors (Lipinski definition) is 6. The van der Waals surface area contributed by atoms with E-state index in [4.69, 9.17) is 17.3 Å². The Morgan fingerprint density at radius 3 is 2.69 bits per heavy atom. The first kappa shape index (κ1) is 23.5. The molecule has 32 heavy (non-hydrogen) atoms. The first-order valence-electron chi connectivity index (χ1n) is 10.3. The van der Waals surface area contributed by atoms with Crippen molar-refractivity contribution >= 4 is 23.3 Å². The molecule has 1 heterocycles. The molecule has 0 aliphatic carbocycles. The zero-order chi connectivity index (χ0) is 23.1. The average molecular weight is 455 g/mol. The second-order valence-electron chi connectivity index (χ2n) is 7.75. The van der Waals surface area contributed by atoms with Crippen molar-refractivity contribution in [2.75, 3.05) is 12.3 Å². The highest BCUT2D eigenvalue weighted by Crippen LogP contribution is 2.19. The van der Waals surface area contributed by atoms with E-state index < -0.39 is 6.10 Å². The van der Waals surface area contributed by atoms with Crippen molar-refractivity contribution in [1.29, 1.82) is 0 Å². The first-order chi connectivity index (χ1) is 15.3. The number of aliphatic hydroxyl groups excluding tert-OH is 1. The molecule has 8 heteroatoms. The maximum absolute atomic E-state index is 12.6. The van der Waals surface area contributed by atoms with Crippen LogP contribution in [0.25, 0.3) is 0 Å². The Morgan fingerprint density at radius 2 is 1.97 bits per heavy atom. The van der Waals surface area contributed by atoms with Crippen LogP contribution in [0.2, 0.25) is 5.02 Å². The van der Waals surface area contributed by atoms with Gasteiger partial charge in [0.25, 0.3) is 5.91 Å². The van der Waals surface area contributed by atoms with Gasteiger partial charge in [-0.15, -0.1) is 0 Å². The summed E-state index contributed by atoms with van der Waals surface area (Å²) in [7, 11) is 0. The van der Waals surface area contributed by atoms with Crippen LogP contribution in [0.1, 0.15) is 40.1 Å². The van der Waals surface area contributed by atoms with Gasteiger partial charge in [-0.05, 0) is 60.9 Å². The lowest BCUT2D eigenvalue weighted by atomic mass is 10.0. The van der Waals surface area contributed by atoms with E-state index in [2.05, 4.69) is 15.6 Å². The molecule has 0 saturated heterocycles. The molecular formula is C24H27ClN4O3. The zero-order valence-corrected chi connectivity index (χ0v) is 18.5. The van der Waals surface area contributed by atoms with Gasteiger partial charge in [0.1, 0.15) is 11.6 Å². The smallest absolute Gasteiger partial charge is 0.251 e. The number of nitrogen functional groups attached to an aromatic ring is 1. The Morgan fingerprint density at radius 1 is 1.16 bits per heavy atom. The third kappa shape index (κ3) is 6.95. The predicted molar refractivity (Wildman–Crippen MR) is 126 cm³/mol. The molecule has 3 rings (SSSR count). The summed E-state index contributed by atoms with van der Waals surface area (Å²) in [6.07, 6.45) is 1.57. The van der Waals surface area contributed by atoms with Gasteiger partial charge in [0.15, 0.2) is 0 Å². The molecule has 3 aromatic rings. The highest BCUT2D eigenvalue weighted by molar-refractivity contribution is 6.30. The molecule has 0 aliphatic rings. The molecule has 0 radical (unpaired) electrons. The predicted octanol–water partition coefficient (Wildman–Crippen LogP) is 3.21. The van der Waals surface area contributed by atoms with Crippen LogP contribution in [-0.2, 0) is 13.0 Å². The maximum atomic E-state index is 12.6. The lowest BCUT2D eigenvalue weighted by Crippen LogP contribution is -2.32. The number of rotatable bonds is 9. The van der Waals surface area contributed by atoms with Crippen molar-refractivity contribution in [3.63, 3.8) is 0 Å². The number of anilines is 1. The number of halogens is 1. The van der Waals surface area contributed by atoms with Crippen molar-refractivity contribution in [2.45, 2.75) is 32.0 Å². The fraction of sp³-hybridized carbons (Fsp3) is 0.250. The minimum Gasteiger partial charge on any atom is -0.508 e. The van der Waals surface area contributed by atoms with Gasteiger partial charge in [0.2, 0.25) is 0 Å². The molecular weight excluding hydrogens is 428 g/mol. The van der Waals surface area contributed by atoms with Crippen LogP contribution in [0, 0.1) is 0 Å². The van der Waals surface area contributed by atoms with Crippen LogP contribution in [-0.4, -0.2) is 33.7 Å². The highest BCUT2D eigenvalue weighted by atomic mass is 35.5. The summed E-state index contributed by atoms with van der Waals surface area (Å²) in [6.45, 7) is 2.65. The van der Waals surface area contributed by atoms with Gasteiger partial charge in [-0.3, -0.25) is 4.79 Å². The molecule has 1 aromatic heterocycles. The molecule has 0 saturated carbocycles. The second kappa shape index (κ2) is 10.9. The summed E-state index contributed by atoms with van der Waals surface area (Å²) in [5.41, 5.74) is 8.54. The van der Waals surface area contributed by atoms with E-state index in [0.717, 1.165) is 5.56 Å². The third-order valence-corrected chi connectivity index (χ3v) is 5.20. The van der Waals surface area contributed by atoms with E-state index in [9.17, 15) is 15.0 Å². The SMILES string of the molecule is C[C@H](Cc1cccc(C(=O)NCc2cc(O)cc(Cl)c2)c1)NC[C@@H](O)c1ccc(N)nc1. The summed E-state index contributed by atoms with van der Waals surface area (Å²) in [6, 6.07) is 15.6. The van der Waals surface area contributed by atoms with Gasteiger partial charge in [-0.2, -0.15) is 0 Å².